The first-order chi connectivity index (χ1) is 10.3. The second-order valence-corrected chi connectivity index (χ2v) is 6.70. The van der Waals surface area contributed by atoms with E-state index in [1.54, 1.807) is 0 Å². The Hall–Kier alpha value is -1.85. The third-order valence-corrected chi connectivity index (χ3v) is 5.14. The van der Waals surface area contributed by atoms with Gasteiger partial charge in [-0.3, -0.25) is 9.63 Å². The van der Waals surface area contributed by atoms with Gasteiger partial charge in [0.2, 0.25) is 0 Å². The van der Waals surface area contributed by atoms with Crippen LogP contribution in [-0.2, 0) is 19.7 Å². The Labute approximate surface area is 127 Å². The SMILES string of the molecule is CON(C)S(=O)(=O)c1ccc(C2=NNC(=O)C2(C)NO)cc1. The highest BCUT2D eigenvalue weighted by atomic mass is 32.2. The molecule has 1 unspecified atom stereocenters. The molecule has 0 saturated carbocycles. The molecule has 1 aromatic carbocycles. The molecule has 1 atom stereocenters. The van der Waals surface area contributed by atoms with Gasteiger partial charge in [0.1, 0.15) is 0 Å². The predicted octanol–water partition coefficient (Wildman–Crippen LogP) is -0.560. The van der Waals surface area contributed by atoms with Crippen molar-refractivity contribution in [3.05, 3.63) is 29.8 Å². The first-order valence-corrected chi connectivity index (χ1v) is 7.64. The van der Waals surface area contributed by atoms with Crippen LogP contribution in [0.25, 0.3) is 0 Å². The van der Waals surface area contributed by atoms with Gasteiger partial charge in [0.25, 0.3) is 15.9 Å². The summed E-state index contributed by atoms with van der Waals surface area (Å²) >= 11 is 0. The van der Waals surface area contributed by atoms with Crippen LogP contribution in [0, 0.1) is 0 Å². The Kier molecular flexibility index (Phi) is 4.31. The molecule has 1 aliphatic heterocycles. The van der Waals surface area contributed by atoms with E-state index in [0.29, 0.717) is 5.56 Å². The molecule has 0 radical (unpaired) electrons. The van der Waals surface area contributed by atoms with Crippen LogP contribution >= 0.6 is 0 Å². The summed E-state index contributed by atoms with van der Waals surface area (Å²) in [6.45, 7) is 1.46. The molecule has 1 heterocycles. The maximum Gasteiger partial charge on any atom is 0.268 e. The van der Waals surface area contributed by atoms with Gasteiger partial charge in [-0.25, -0.2) is 13.8 Å². The van der Waals surface area contributed by atoms with Crippen molar-refractivity contribution >= 4 is 21.6 Å². The number of hydrazone groups is 1. The summed E-state index contributed by atoms with van der Waals surface area (Å²) < 4.78 is 24.9. The molecular formula is C12H16N4O5S. The molecule has 3 N–H and O–H groups in total. The summed E-state index contributed by atoms with van der Waals surface area (Å²) in [6, 6.07) is 5.71. The molecule has 1 amide bonds. The molecule has 2 rings (SSSR count). The van der Waals surface area contributed by atoms with Crippen molar-refractivity contribution in [1.82, 2.24) is 15.4 Å². The van der Waals surface area contributed by atoms with E-state index < -0.39 is 21.5 Å². The Morgan fingerprint density at radius 3 is 2.45 bits per heavy atom. The number of benzene rings is 1. The normalized spacial score (nSPS) is 21.9. The fourth-order valence-electron chi connectivity index (χ4n) is 1.93. The molecule has 22 heavy (non-hydrogen) atoms. The van der Waals surface area contributed by atoms with Gasteiger partial charge in [-0.1, -0.05) is 16.6 Å². The quantitative estimate of drug-likeness (QED) is 0.623. The summed E-state index contributed by atoms with van der Waals surface area (Å²) in [6.07, 6.45) is 0. The fraction of sp³-hybridized carbons (Fsp3) is 0.333. The van der Waals surface area contributed by atoms with E-state index in [0.717, 1.165) is 4.47 Å². The molecule has 0 aromatic heterocycles. The van der Waals surface area contributed by atoms with Crippen LogP contribution in [0.15, 0.2) is 34.3 Å². The van der Waals surface area contributed by atoms with Crippen molar-refractivity contribution < 1.29 is 23.3 Å². The second kappa shape index (κ2) is 5.74. The maximum atomic E-state index is 12.1. The fourth-order valence-corrected chi connectivity index (χ4v) is 2.90. The van der Waals surface area contributed by atoms with E-state index in [1.165, 1.54) is 45.3 Å². The van der Waals surface area contributed by atoms with Crippen LogP contribution in [0.5, 0.6) is 0 Å². The molecule has 0 saturated heterocycles. The van der Waals surface area contributed by atoms with Crippen molar-refractivity contribution in [3.8, 4) is 0 Å². The summed E-state index contributed by atoms with van der Waals surface area (Å²) in [5.74, 6) is -0.513. The predicted molar refractivity (Wildman–Crippen MR) is 76.4 cm³/mol. The number of hydroxylamine groups is 2. The minimum absolute atomic E-state index is 0.0251. The molecule has 9 nitrogen and oxygen atoms in total. The Morgan fingerprint density at radius 2 is 1.95 bits per heavy atom. The van der Waals surface area contributed by atoms with Crippen LogP contribution < -0.4 is 10.9 Å². The first kappa shape index (κ1) is 16.5. The molecule has 0 bridgehead atoms. The Morgan fingerprint density at radius 1 is 1.36 bits per heavy atom. The second-order valence-electron chi connectivity index (χ2n) is 4.76. The number of hydrogen-bond acceptors (Lipinski definition) is 7. The van der Waals surface area contributed by atoms with Crippen molar-refractivity contribution in [1.29, 1.82) is 0 Å². The van der Waals surface area contributed by atoms with Crippen LogP contribution in [-0.4, -0.2) is 49.4 Å². The van der Waals surface area contributed by atoms with Crippen molar-refractivity contribution in [3.63, 3.8) is 0 Å². The van der Waals surface area contributed by atoms with Gasteiger partial charge in [0, 0.05) is 12.6 Å². The highest BCUT2D eigenvalue weighted by molar-refractivity contribution is 7.89. The lowest BCUT2D eigenvalue weighted by atomic mass is 9.91. The van der Waals surface area contributed by atoms with Crippen molar-refractivity contribution in [2.24, 2.45) is 5.10 Å². The minimum Gasteiger partial charge on any atom is -0.315 e. The minimum atomic E-state index is -3.75. The highest BCUT2D eigenvalue weighted by Crippen LogP contribution is 2.21. The Balaban J connectivity index is 2.37. The summed E-state index contributed by atoms with van der Waals surface area (Å²) in [5, 5.41) is 13.1. The number of carbonyl (C=O) groups excluding carboxylic acids is 1. The van der Waals surface area contributed by atoms with E-state index >= 15 is 0 Å². The molecule has 0 spiro atoms. The zero-order valence-corrected chi connectivity index (χ0v) is 13.0. The lowest BCUT2D eigenvalue weighted by molar-refractivity contribution is -0.126. The lowest BCUT2D eigenvalue weighted by Gasteiger charge is -2.21. The van der Waals surface area contributed by atoms with E-state index in [9.17, 15) is 18.4 Å². The molecule has 1 aromatic rings. The van der Waals surface area contributed by atoms with Crippen LogP contribution in [0.1, 0.15) is 12.5 Å². The molecule has 10 heteroatoms. The van der Waals surface area contributed by atoms with E-state index in [4.69, 9.17) is 0 Å². The molecule has 0 aliphatic carbocycles. The third kappa shape index (κ3) is 2.51. The molecule has 120 valence electrons. The number of amides is 1. The maximum absolute atomic E-state index is 12.1. The van der Waals surface area contributed by atoms with Crippen LogP contribution in [0.4, 0.5) is 0 Å². The first-order valence-electron chi connectivity index (χ1n) is 6.20. The number of rotatable bonds is 5. The zero-order chi connectivity index (χ0) is 16.5. The summed E-state index contributed by atoms with van der Waals surface area (Å²) in [5.41, 5.74) is 3.53. The number of hydrogen-bond donors (Lipinski definition) is 3. The average Bonchev–Trinajstić information content (AvgIpc) is 2.82. The van der Waals surface area contributed by atoms with Crippen LogP contribution in [0.3, 0.4) is 0 Å². The van der Waals surface area contributed by atoms with E-state index in [-0.39, 0.29) is 10.6 Å². The van der Waals surface area contributed by atoms with Crippen LogP contribution in [0.2, 0.25) is 0 Å². The average molecular weight is 328 g/mol. The molecular weight excluding hydrogens is 312 g/mol. The number of nitrogens with zero attached hydrogens (tertiary/aromatic N) is 2. The topological polar surface area (TPSA) is 120 Å². The monoisotopic (exact) mass is 328 g/mol. The largest absolute Gasteiger partial charge is 0.315 e. The van der Waals surface area contributed by atoms with Crippen molar-refractivity contribution in [2.45, 2.75) is 17.4 Å². The van der Waals surface area contributed by atoms with Gasteiger partial charge in [-0.15, -0.1) is 0 Å². The molecule has 0 fully saturated rings. The number of sulfonamides is 1. The third-order valence-electron chi connectivity index (χ3n) is 3.44. The van der Waals surface area contributed by atoms with Gasteiger partial charge in [0.05, 0.1) is 17.7 Å². The van der Waals surface area contributed by atoms with E-state index in [1.807, 2.05) is 5.48 Å². The molecule has 1 aliphatic rings. The Bertz CT molecular complexity index is 716. The number of nitrogens with one attached hydrogen (secondary N) is 2. The van der Waals surface area contributed by atoms with Gasteiger partial charge in [0.15, 0.2) is 5.54 Å². The van der Waals surface area contributed by atoms with Gasteiger partial charge in [-0.05, 0) is 19.1 Å². The standard InChI is InChI=1S/C12H16N4O5S/c1-12(15-18)10(13-14-11(12)17)8-4-6-9(7-5-8)22(19,20)16(2)21-3/h4-7,15,18H,1-3H3,(H,14,17). The van der Waals surface area contributed by atoms with Crippen molar-refractivity contribution in [2.75, 3.05) is 14.2 Å². The zero-order valence-electron chi connectivity index (χ0n) is 12.2. The number of carbonyl (C=O) groups is 1. The summed E-state index contributed by atoms with van der Waals surface area (Å²) in [4.78, 5) is 16.4. The van der Waals surface area contributed by atoms with Gasteiger partial charge < -0.3 is 5.21 Å². The van der Waals surface area contributed by atoms with Gasteiger partial charge >= 0.3 is 0 Å². The van der Waals surface area contributed by atoms with Gasteiger partial charge in [-0.2, -0.15) is 10.6 Å². The summed E-state index contributed by atoms with van der Waals surface area (Å²) in [7, 11) is -1.23. The highest BCUT2D eigenvalue weighted by Gasteiger charge is 2.43. The van der Waals surface area contributed by atoms with E-state index in [2.05, 4.69) is 15.4 Å². The smallest absolute Gasteiger partial charge is 0.268 e. The lowest BCUT2D eigenvalue weighted by Crippen LogP contribution is -2.53.